The summed E-state index contributed by atoms with van der Waals surface area (Å²) in [6.07, 6.45) is 0.620. The van der Waals surface area contributed by atoms with Crippen molar-refractivity contribution < 1.29 is 31.1 Å². The van der Waals surface area contributed by atoms with Gasteiger partial charge in [-0.05, 0) is 54.5 Å². The molecule has 0 aromatic heterocycles. The lowest BCUT2D eigenvalue weighted by Gasteiger charge is -2.28. The Labute approximate surface area is 184 Å². The van der Waals surface area contributed by atoms with E-state index in [0.717, 1.165) is 24.3 Å². The van der Waals surface area contributed by atoms with Crippen LogP contribution in [0.15, 0.2) is 42.5 Å². The van der Waals surface area contributed by atoms with Gasteiger partial charge in [0.15, 0.2) is 0 Å². The third kappa shape index (κ3) is 6.42. The first kappa shape index (κ1) is 24.5. The van der Waals surface area contributed by atoms with Crippen LogP contribution in [0.4, 0.5) is 26.3 Å². The summed E-state index contributed by atoms with van der Waals surface area (Å²) in [7, 11) is 0. The van der Waals surface area contributed by atoms with Gasteiger partial charge in [0.2, 0.25) is 0 Å². The van der Waals surface area contributed by atoms with Gasteiger partial charge in [-0.1, -0.05) is 57.6 Å². The molecule has 0 N–H and O–H groups in total. The van der Waals surface area contributed by atoms with E-state index < -0.39 is 35.0 Å². The molecule has 32 heavy (non-hydrogen) atoms. The molecular formula is C25H28F6O. The van der Waals surface area contributed by atoms with Gasteiger partial charge in [-0.15, -0.1) is 0 Å². The van der Waals surface area contributed by atoms with E-state index in [9.17, 15) is 26.3 Å². The summed E-state index contributed by atoms with van der Waals surface area (Å²) in [5, 5.41) is 0. The normalized spacial score (nSPS) is 19.7. The van der Waals surface area contributed by atoms with Crippen molar-refractivity contribution in [2.45, 2.75) is 70.6 Å². The maximum atomic E-state index is 14.4. The van der Waals surface area contributed by atoms with Crippen molar-refractivity contribution in [1.82, 2.24) is 0 Å². The zero-order valence-corrected chi connectivity index (χ0v) is 18.0. The van der Waals surface area contributed by atoms with Crippen LogP contribution in [0.1, 0.15) is 68.6 Å². The van der Waals surface area contributed by atoms with E-state index >= 15 is 0 Å². The van der Waals surface area contributed by atoms with Crippen LogP contribution in [-0.4, -0.2) is 0 Å². The Morgan fingerprint density at radius 3 is 1.97 bits per heavy atom. The van der Waals surface area contributed by atoms with Crippen LogP contribution in [0, 0.1) is 17.7 Å². The first-order valence-electron chi connectivity index (χ1n) is 11.1. The van der Waals surface area contributed by atoms with E-state index in [-0.39, 0.29) is 0 Å². The van der Waals surface area contributed by atoms with E-state index in [0.29, 0.717) is 24.1 Å². The fourth-order valence-electron chi connectivity index (χ4n) is 4.45. The molecule has 0 saturated heterocycles. The van der Waals surface area contributed by atoms with E-state index in [2.05, 4.69) is 11.7 Å². The second-order valence-electron chi connectivity index (χ2n) is 8.67. The lowest BCUT2D eigenvalue weighted by Crippen LogP contribution is -2.22. The molecule has 0 radical (unpaired) electrons. The van der Waals surface area contributed by atoms with E-state index in [1.807, 2.05) is 0 Å². The number of rotatable bonds is 8. The Bertz CT molecular complexity index is 867. The van der Waals surface area contributed by atoms with Crippen molar-refractivity contribution in [3.63, 3.8) is 0 Å². The van der Waals surface area contributed by atoms with Gasteiger partial charge in [0.25, 0.3) is 0 Å². The number of halogens is 6. The molecule has 2 aromatic carbocycles. The molecule has 176 valence electrons. The van der Waals surface area contributed by atoms with Gasteiger partial charge in [-0.3, -0.25) is 0 Å². The smallest absolute Gasteiger partial charge is 0.426 e. The van der Waals surface area contributed by atoms with Gasteiger partial charge in [-0.25, -0.2) is 4.39 Å². The topological polar surface area (TPSA) is 9.23 Å². The first-order valence-corrected chi connectivity index (χ1v) is 11.1. The molecule has 0 aliphatic heterocycles. The van der Waals surface area contributed by atoms with Crippen molar-refractivity contribution in [1.29, 1.82) is 0 Å². The molecule has 1 saturated carbocycles. The summed E-state index contributed by atoms with van der Waals surface area (Å²) in [4.78, 5) is 0. The summed E-state index contributed by atoms with van der Waals surface area (Å²) in [5.41, 5.74) is -1.03. The van der Waals surface area contributed by atoms with Crippen LogP contribution in [0.3, 0.4) is 0 Å². The second kappa shape index (κ2) is 10.2. The van der Waals surface area contributed by atoms with Gasteiger partial charge in [0, 0.05) is 6.07 Å². The zero-order chi connectivity index (χ0) is 23.4. The van der Waals surface area contributed by atoms with Crippen molar-refractivity contribution in [2.24, 2.45) is 11.8 Å². The van der Waals surface area contributed by atoms with E-state index in [1.165, 1.54) is 50.7 Å². The minimum absolute atomic E-state index is 0.320. The molecule has 0 bridgehead atoms. The van der Waals surface area contributed by atoms with E-state index in [4.69, 9.17) is 0 Å². The maximum Gasteiger partial charge on any atom is 0.426 e. The zero-order valence-electron chi connectivity index (χ0n) is 18.0. The van der Waals surface area contributed by atoms with Crippen LogP contribution in [-0.2, 0) is 18.7 Å². The third-order valence-corrected chi connectivity index (χ3v) is 6.29. The van der Waals surface area contributed by atoms with Gasteiger partial charge < -0.3 is 4.74 Å². The van der Waals surface area contributed by atoms with Gasteiger partial charge in [0.05, 0.1) is 11.1 Å². The second-order valence-corrected chi connectivity index (χ2v) is 8.67. The molecule has 1 nitrogen and oxygen atoms in total. The average molecular weight is 458 g/mol. The van der Waals surface area contributed by atoms with Crippen molar-refractivity contribution in [3.8, 4) is 5.75 Å². The minimum Gasteiger partial charge on any atom is -0.429 e. The molecule has 0 unspecified atom stereocenters. The quantitative estimate of drug-likeness (QED) is 0.360. The van der Waals surface area contributed by atoms with Crippen LogP contribution in [0.25, 0.3) is 0 Å². The van der Waals surface area contributed by atoms with Crippen LogP contribution >= 0.6 is 0 Å². The fourth-order valence-corrected chi connectivity index (χ4v) is 4.45. The van der Waals surface area contributed by atoms with Crippen LogP contribution < -0.4 is 4.74 Å². The number of hydrogen-bond acceptors (Lipinski definition) is 1. The highest BCUT2D eigenvalue weighted by molar-refractivity contribution is 5.32. The monoisotopic (exact) mass is 458 g/mol. The predicted octanol–water partition coefficient (Wildman–Crippen LogP) is 8.51. The molecule has 0 heterocycles. The molecule has 2 aromatic rings. The average Bonchev–Trinajstić information content (AvgIpc) is 2.72. The largest absolute Gasteiger partial charge is 0.429 e. The van der Waals surface area contributed by atoms with Gasteiger partial charge in [0.1, 0.15) is 11.6 Å². The van der Waals surface area contributed by atoms with Gasteiger partial charge in [-0.2, -0.15) is 22.0 Å². The molecule has 1 aliphatic rings. The molecule has 0 amide bonds. The Hall–Kier alpha value is -2.18. The predicted molar refractivity (Wildman–Crippen MR) is 111 cm³/mol. The summed E-state index contributed by atoms with van der Waals surface area (Å²) in [6.45, 7) is 2.21. The number of hydrogen-bond donors (Lipinski definition) is 0. The lowest BCUT2D eigenvalue weighted by atomic mass is 9.78. The molecule has 3 rings (SSSR count). The molecule has 1 aliphatic carbocycles. The molecule has 1 fully saturated rings. The third-order valence-electron chi connectivity index (χ3n) is 6.29. The highest BCUT2D eigenvalue weighted by Gasteiger charge is 2.37. The number of benzene rings is 2. The Morgan fingerprint density at radius 1 is 0.844 bits per heavy atom. The summed E-state index contributed by atoms with van der Waals surface area (Å²) in [5.74, 6) is -0.828. The molecule has 0 spiro atoms. The molecular weight excluding hydrogens is 430 g/mol. The Morgan fingerprint density at radius 2 is 1.44 bits per heavy atom. The summed E-state index contributed by atoms with van der Waals surface area (Å²) < 4.78 is 84.9. The minimum atomic E-state index is -4.91. The standard InChI is InChI=1S/C25H28F6O/c1-2-3-17-4-6-18(7-5-17)8-9-19-10-12-20(13-11-19)25(30,31)32-21-14-15-22(23(26)16-21)24(27,28)29/h10-18H,2-9H2,1H3/t17-,18-. The number of aryl methyl sites for hydroxylation is 1. The van der Waals surface area contributed by atoms with Gasteiger partial charge >= 0.3 is 12.3 Å². The van der Waals surface area contributed by atoms with Crippen molar-refractivity contribution >= 4 is 0 Å². The molecule has 0 atom stereocenters. The summed E-state index contributed by atoms with van der Waals surface area (Å²) >= 11 is 0. The highest BCUT2D eigenvalue weighted by Crippen LogP contribution is 2.37. The SMILES string of the molecule is CCC[C@H]1CC[C@H](CCc2ccc(C(F)(F)Oc3ccc(C(F)(F)F)c(F)c3)cc2)CC1. The van der Waals surface area contributed by atoms with Crippen LogP contribution in [0.2, 0.25) is 0 Å². The summed E-state index contributed by atoms with van der Waals surface area (Å²) in [6, 6.07) is 7.11. The van der Waals surface area contributed by atoms with E-state index in [1.54, 1.807) is 12.1 Å². The fraction of sp³-hybridized carbons (Fsp3) is 0.520. The number of alkyl halides is 5. The first-order chi connectivity index (χ1) is 15.1. The Balaban J connectivity index is 1.56. The molecule has 7 heteroatoms. The Kier molecular flexibility index (Phi) is 7.78. The highest BCUT2D eigenvalue weighted by atomic mass is 19.4. The lowest BCUT2D eigenvalue weighted by molar-refractivity contribution is -0.185. The van der Waals surface area contributed by atoms with Crippen molar-refractivity contribution in [3.05, 3.63) is 65.0 Å². The number of ether oxygens (including phenoxy) is 1. The van der Waals surface area contributed by atoms with Crippen molar-refractivity contribution in [2.75, 3.05) is 0 Å². The maximum absolute atomic E-state index is 14.4. The van der Waals surface area contributed by atoms with Crippen LogP contribution in [0.5, 0.6) is 5.75 Å².